The van der Waals surface area contributed by atoms with E-state index in [0.717, 1.165) is 22.9 Å². The van der Waals surface area contributed by atoms with Crippen LogP contribution in [-0.2, 0) is 5.41 Å². The Hall–Kier alpha value is -1.94. The van der Waals surface area contributed by atoms with Crippen molar-refractivity contribution in [1.82, 2.24) is 10.2 Å². The average molecular weight is 357 g/mol. The molecule has 0 radical (unpaired) electrons. The normalized spacial score (nSPS) is 11.5. The Kier molecular flexibility index (Phi) is 4.39. The fraction of sp³-hybridized carbons (Fsp3) is 0.222. The number of hydrogen-bond acceptors (Lipinski definition) is 3. The minimum absolute atomic E-state index is 0.437. The summed E-state index contributed by atoms with van der Waals surface area (Å²) in [4.78, 5) is 0. The molecule has 22 heavy (non-hydrogen) atoms. The maximum atomic E-state index is 5.87. The largest absolute Gasteiger partial charge is 0.424 e. The zero-order valence-corrected chi connectivity index (χ0v) is 14.0. The molecule has 3 aromatic rings. The number of hydrogen-bond donors (Lipinski definition) is 0. The van der Waals surface area contributed by atoms with Gasteiger partial charge in [-0.2, -0.15) is 0 Å². The van der Waals surface area contributed by atoms with Gasteiger partial charge < -0.3 is 4.42 Å². The van der Waals surface area contributed by atoms with Gasteiger partial charge in [-0.05, 0) is 17.5 Å². The summed E-state index contributed by atoms with van der Waals surface area (Å²) in [6.45, 7) is 1.82. The second kappa shape index (κ2) is 6.44. The SMILES string of the molecule is Cc1nnc(C(CCBr)(c2ccccc2)c2ccccc2)o1. The van der Waals surface area contributed by atoms with Crippen LogP contribution >= 0.6 is 15.9 Å². The summed E-state index contributed by atoms with van der Waals surface area (Å²) in [6.07, 6.45) is 0.836. The topological polar surface area (TPSA) is 38.9 Å². The van der Waals surface area contributed by atoms with E-state index in [-0.39, 0.29) is 0 Å². The van der Waals surface area contributed by atoms with Gasteiger partial charge in [0.05, 0.1) is 5.41 Å². The molecule has 0 N–H and O–H groups in total. The summed E-state index contributed by atoms with van der Waals surface area (Å²) in [6, 6.07) is 20.7. The van der Waals surface area contributed by atoms with Gasteiger partial charge in [-0.1, -0.05) is 76.6 Å². The Morgan fingerprint density at radius 3 is 1.86 bits per heavy atom. The molecule has 4 heteroatoms. The lowest BCUT2D eigenvalue weighted by molar-refractivity contribution is 0.391. The summed E-state index contributed by atoms with van der Waals surface area (Å²) >= 11 is 3.59. The van der Waals surface area contributed by atoms with Crippen molar-refractivity contribution in [2.75, 3.05) is 5.33 Å². The van der Waals surface area contributed by atoms with Crippen LogP contribution in [0.4, 0.5) is 0 Å². The number of rotatable bonds is 5. The zero-order valence-electron chi connectivity index (χ0n) is 12.4. The maximum Gasteiger partial charge on any atom is 0.231 e. The molecule has 0 fully saturated rings. The molecule has 0 bridgehead atoms. The number of nitrogens with zero attached hydrogens (tertiary/aromatic N) is 2. The van der Waals surface area contributed by atoms with E-state index < -0.39 is 5.41 Å². The molecule has 0 aliphatic rings. The molecule has 1 heterocycles. The Bertz CT molecular complexity index is 686. The lowest BCUT2D eigenvalue weighted by Gasteiger charge is -2.31. The number of halogens is 1. The van der Waals surface area contributed by atoms with Gasteiger partial charge in [-0.15, -0.1) is 10.2 Å². The van der Waals surface area contributed by atoms with Crippen LogP contribution in [0.25, 0.3) is 0 Å². The van der Waals surface area contributed by atoms with Gasteiger partial charge >= 0.3 is 0 Å². The van der Waals surface area contributed by atoms with Crippen molar-refractivity contribution >= 4 is 15.9 Å². The van der Waals surface area contributed by atoms with E-state index in [9.17, 15) is 0 Å². The third kappa shape index (κ3) is 2.59. The van der Waals surface area contributed by atoms with Crippen LogP contribution in [0.1, 0.15) is 29.3 Å². The van der Waals surface area contributed by atoms with Gasteiger partial charge in [0.15, 0.2) is 0 Å². The summed E-state index contributed by atoms with van der Waals surface area (Å²) < 4.78 is 5.87. The summed E-state index contributed by atoms with van der Waals surface area (Å²) in [5, 5.41) is 9.24. The predicted octanol–water partition coefficient (Wildman–Crippen LogP) is 4.50. The highest BCUT2D eigenvalue weighted by molar-refractivity contribution is 9.09. The fourth-order valence-corrected chi connectivity index (χ4v) is 3.46. The molecule has 0 amide bonds. The molecule has 3 nitrogen and oxygen atoms in total. The number of aromatic nitrogens is 2. The van der Waals surface area contributed by atoms with E-state index in [1.54, 1.807) is 0 Å². The molecule has 0 aliphatic heterocycles. The molecule has 0 saturated heterocycles. The number of aryl methyl sites for hydroxylation is 1. The molecular weight excluding hydrogens is 340 g/mol. The molecule has 112 valence electrons. The fourth-order valence-electron chi connectivity index (χ4n) is 2.87. The van der Waals surface area contributed by atoms with Crippen molar-refractivity contribution in [2.45, 2.75) is 18.8 Å². The Labute approximate surface area is 138 Å². The molecular formula is C18H17BrN2O. The molecule has 1 aromatic heterocycles. The van der Waals surface area contributed by atoms with Gasteiger partial charge in [0.2, 0.25) is 11.8 Å². The molecule has 0 atom stereocenters. The van der Waals surface area contributed by atoms with E-state index in [4.69, 9.17) is 4.42 Å². The molecule has 2 aromatic carbocycles. The summed E-state index contributed by atoms with van der Waals surface area (Å²) in [5.74, 6) is 1.22. The van der Waals surface area contributed by atoms with Crippen LogP contribution in [0.5, 0.6) is 0 Å². The molecule has 0 spiro atoms. The average Bonchev–Trinajstić information content (AvgIpc) is 3.01. The van der Waals surface area contributed by atoms with E-state index in [1.807, 2.05) is 43.3 Å². The first-order chi connectivity index (χ1) is 10.8. The molecule has 0 aliphatic carbocycles. The standard InChI is InChI=1S/C18H17BrN2O/c1-14-20-21-17(22-14)18(12-13-19,15-8-4-2-5-9-15)16-10-6-3-7-11-16/h2-11H,12-13H2,1H3. The molecule has 0 unspecified atom stereocenters. The Morgan fingerprint density at radius 2 is 1.45 bits per heavy atom. The Balaban J connectivity index is 2.28. The van der Waals surface area contributed by atoms with Gasteiger partial charge in [0, 0.05) is 12.3 Å². The summed E-state index contributed by atoms with van der Waals surface area (Å²) in [7, 11) is 0. The van der Waals surface area contributed by atoms with Gasteiger partial charge in [-0.25, -0.2) is 0 Å². The van der Waals surface area contributed by atoms with Crippen LogP contribution < -0.4 is 0 Å². The van der Waals surface area contributed by atoms with Crippen molar-refractivity contribution in [3.63, 3.8) is 0 Å². The minimum Gasteiger partial charge on any atom is -0.424 e. The maximum absolute atomic E-state index is 5.87. The monoisotopic (exact) mass is 356 g/mol. The van der Waals surface area contributed by atoms with Crippen molar-refractivity contribution in [2.24, 2.45) is 0 Å². The first kappa shape index (κ1) is 15.0. The van der Waals surface area contributed by atoms with Crippen LogP contribution in [0, 0.1) is 6.92 Å². The van der Waals surface area contributed by atoms with E-state index in [0.29, 0.717) is 11.8 Å². The molecule has 3 rings (SSSR count). The first-order valence-electron chi connectivity index (χ1n) is 7.25. The molecule has 0 saturated carbocycles. The van der Waals surface area contributed by atoms with Crippen LogP contribution in [0.2, 0.25) is 0 Å². The van der Waals surface area contributed by atoms with Crippen LogP contribution in [-0.4, -0.2) is 15.5 Å². The highest BCUT2D eigenvalue weighted by Crippen LogP contribution is 2.41. The number of alkyl halides is 1. The van der Waals surface area contributed by atoms with Gasteiger partial charge in [0.1, 0.15) is 0 Å². The zero-order chi connectivity index (χ0) is 15.4. The van der Waals surface area contributed by atoms with E-state index in [2.05, 4.69) is 50.4 Å². The second-order valence-corrected chi connectivity index (χ2v) is 6.00. The lowest BCUT2D eigenvalue weighted by atomic mass is 9.72. The quantitative estimate of drug-likeness (QED) is 0.631. The van der Waals surface area contributed by atoms with Gasteiger partial charge in [-0.3, -0.25) is 0 Å². The smallest absolute Gasteiger partial charge is 0.231 e. The Morgan fingerprint density at radius 1 is 0.909 bits per heavy atom. The van der Waals surface area contributed by atoms with Crippen molar-refractivity contribution in [1.29, 1.82) is 0 Å². The van der Waals surface area contributed by atoms with Gasteiger partial charge in [0.25, 0.3) is 0 Å². The third-order valence-corrected chi connectivity index (χ3v) is 4.29. The predicted molar refractivity (Wildman–Crippen MR) is 90.2 cm³/mol. The van der Waals surface area contributed by atoms with Crippen molar-refractivity contribution in [3.05, 3.63) is 83.6 Å². The van der Waals surface area contributed by atoms with E-state index >= 15 is 0 Å². The highest BCUT2D eigenvalue weighted by atomic mass is 79.9. The van der Waals surface area contributed by atoms with Crippen LogP contribution in [0.3, 0.4) is 0 Å². The second-order valence-electron chi connectivity index (χ2n) is 5.20. The van der Waals surface area contributed by atoms with Crippen LogP contribution in [0.15, 0.2) is 65.1 Å². The van der Waals surface area contributed by atoms with E-state index in [1.165, 1.54) is 0 Å². The number of benzene rings is 2. The van der Waals surface area contributed by atoms with Crippen molar-refractivity contribution < 1.29 is 4.42 Å². The highest BCUT2D eigenvalue weighted by Gasteiger charge is 2.40. The first-order valence-corrected chi connectivity index (χ1v) is 8.37. The van der Waals surface area contributed by atoms with Crippen molar-refractivity contribution in [3.8, 4) is 0 Å². The minimum atomic E-state index is -0.437. The summed E-state index contributed by atoms with van der Waals surface area (Å²) in [5.41, 5.74) is 1.88. The lowest BCUT2D eigenvalue weighted by Crippen LogP contribution is -2.30. The third-order valence-electron chi connectivity index (χ3n) is 3.89.